The summed E-state index contributed by atoms with van der Waals surface area (Å²) in [4.78, 5) is 33.0. The first kappa shape index (κ1) is 17.2. The zero-order chi connectivity index (χ0) is 17.8. The highest BCUT2D eigenvalue weighted by Crippen LogP contribution is 2.18. The molecule has 0 unspecified atom stereocenters. The van der Waals surface area contributed by atoms with E-state index < -0.39 is 0 Å². The van der Waals surface area contributed by atoms with Crippen LogP contribution in [0.1, 0.15) is 12.0 Å². The lowest BCUT2D eigenvalue weighted by Crippen LogP contribution is -2.20. The van der Waals surface area contributed by atoms with Crippen LogP contribution in [-0.4, -0.2) is 26.2 Å². The predicted octanol–water partition coefficient (Wildman–Crippen LogP) is 2.76. The lowest BCUT2D eigenvalue weighted by molar-refractivity contribution is -0.115. The van der Waals surface area contributed by atoms with Crippen molar-refractivity contribution in [3.8, 4) is 0 Å². The second kappa shape index (κ2) is 7.48. The van der Waals surface area contributed by atoms with Crippen molar-refractivity contribution in [3.63, 3.8) is 0 Å². The number of para-hydroxylation sites is 1. The summed E-state index contributed by atoms with van der Waals surface area (Å²) in [6, 6.07) is 10.9. The van der Waals surface area contributed by atoms with Crippen molar-refractivity contribution in [3.05, 3.63) is 58.5 Å². The van der Waals surface area contributed by atoms with Gasteiger partial charge in [0.15, 0.2) is 5.16 Å². The summed E-state index contributed by atoms with van der Waals surface area (Å²) < 4.78 is 1.52. The molecule has 0 radical (unpaired) electrons. The fourth-order valence-corrected chi connectivity index (χ4v) is 3.28. The number of aromatic nitrogens is 3. The Morgan fingerprint density at radius 1 is 1.28 bits per heavy atom. The number of thioether (sulfide) groups is 1. The number of carbonyl (C=O) groups excluding carboxylic acids is 1. The van der Waals surface area contributed by atoms with Crippen molar-refractivity contribution in [2.75, 3.05) is 11.1 Å². The molecule has 6 nitrogen and oxygen atoms in total. The standard InChI is InChI=1S/C18H18N4O2S/c1-12-7-9-19-15(11-12)21-16(23)8-10-25-18-20-14-6-4-3-5-13(14)17(24)22(18)2/h3-7,9,11H,8,10H2,1-2H3,(H,19,21,23). The summed E-state index contributed by atoms with van der Waals surface area (Å²) in [5.41, 5.74) is 1.62. The van der Waals surface area contributed by atoms with Gasteiger partial charge in [0.1, 0.15) is 5.82 Å². The number of carbonyl (C=O) groups is 1. The minimum Gasteiger partial charge on any atom is -0.311 e. The number of benzene rings is 1. The maximum atomic E-state index is 12.3. The molecule has 2 aromatic heterocycles. The monoisotopic (exact) mass is 354 g/mol. The summed E-state index contributed by atoms with van der Waals surface area (Å²) in [7, 11) is 1.70. The third kappa shape index (κ3) is 4.06. The van der Waals surface area contributed by atoms with E-state index in [1.54, 1.807) is 19.3 Å². The first-order valence-electron chi connectivity index (χ1n) is 7.85. The Morgan fingerprint density at radius 3 is 2.88 bits per heavy atom. The summed E-state index contributed by atoms with van der Waals surface area (Å²) in [6.07, 6.45) is 1.97. The van der Waals surface area contributed by atoms with Crippen molar-refractivity contribution in [2.45, 2.75) is 18.5 Å². The van der Waals surface area contributed by atoms with Crippen molar-refractivity contribution >= 4 is 34.4 Å². The van der Waals surface area contributed by atoms with Gasteiger partial charge in [-0.2, -0.15) is 0 Å². The Hall–Kier alpha value is -2.67. The van der Waals surface area contributed by atoms with Gasteiger partial charge in [-0.15, -0.1) is 0 Å². The Balaban J connectivity index is 1.64. The van der Waals surface area contributed by atoms with Gasteiger partial charge in [0, 0.05) is 25.4 Å². The average Bonchev–Trinajstić information content (AvgIpc) is 2.59. The van der Waals surface area contributed by atoms with Crippen LogP contribution in [0.3, 0.4) is 0 Å². The largest absolute Gasteiger partial charge is 0.311 e. The molecule has 0 aliphatic heterocycles. The Labute approximate surface area is 149 Å². The molecule has 128 valence electrons. The van der Waals surface area contributed by atoms with E-state index in [1.165, 1.54) is 16.3 Å². The van der Waals surface area contributed by atoms with Crippen LogP contribution in [-0.2, 0) is 11.8 Å². The molecule has 7 heteroatoms. The maximum absolute atomic E-state index is 12.3. The van der Waals surface area contributed by atoms with E-state index in [2.05, 4.69) is 15.3 Å². The highest BCUT2D eigenvalue weighted by atomic mass is 32.2. The first-order valence-corrected chi connectivity index (χ1v) is 8.84. The van der Waals surface area contributed by atoms with Crippen molar-refractivity contribution in [1.82, 2.24) is 14.5 Å². The molecule has 1 amide bonds. The number of nitrogens with one attached hydrogen (secondary N) is 1. The van der Waals surface area contributed by atoms with Crippen LogP contribution in [0.5, 0.6) is 0 Å². The van der Waals surface area contributed by atoms with Gasteiger partial charge >= 0.3 is 0 Å². The van der Waals surface area contributed by atoms with Gasteiger partial charge in [0.05, 0.1) is 10.9 Å². The number of fused-ring (bicyclic) bond motifs is 1. The average molecular weight is 354 g/mol. The summed E-state index contributed by atoms with van der Waals surface area (Å²) in [5.74, 6) is 0.957. The van der Waals surface area contributed by atoms with E-state index in [0.717, 1.165) is 5.56 Å². The molecule has 2 heterocycles. The zero-order valence-electron chi connectivity index (χ0n) is 14.0. The molecule has 3 rings (SSSR count). The molecule has 0 aliphatic carbocycles. The third-order valence-electron chi connectivity index (χ3n) is 3.69. The van der Waals surface area contributed by atoms with Gasteiger partial charge in [-0.1, -0.05) is 23.9 Å². The predicted molar refractivity (Wildman–Crippen MR) is 99.9 cm³/mol. The van der Waals surface area contributed by atoms with Crippen molar-refractivity contribution in [1.29, 1.82) is 0 Å². The molecule has 0 bridgehead atoms. The molecule has 25 heavy (non-hydrogen) atoms. The summed E-state index contributed by atoms with van der Waals surface area (Å²) in [6.45, 7) is 1.94. The smallest absolute Gasteiger partial charge is 0.261 e. The highest BCUT2D eigenvalue weighted by Gasteiger charge is 2.10. The number of amides is 1. The van der Waals surface area contributed by atoms with Gasteiger partial charge in [-0.25, -0.2) is 9.97 Å². The second-order valence-corrected chi connectivity index (χ2v) is 6.70. The van der Waals surface area contributed by atoms with E-state index in [1.807, 2.05) is 37.3 Å². The Bertz CT molecular complexity index is 984. The van der Waals surface area contributed by atoms with Crippen LogP contribution in [0.15, 0.2) is 52.5 Å². The van der Waals surface area contributed by atoms with Gasteiger partial charge in [0.25, 0.3) is 5.56 Å². The molecule has 0 atom stereocenters. The molecule has 3 aromatic rings. The minimum atomic E-state index is -0.114. The topological polar surface area (TPSA) is 76.9 Å². The molecule has 1 N–H and O–H groups in total. The lowest BCUT2D eigenvalue weighted by atomic mass is 10.2. The molecule has 0 aliphatic rings. The lowest BCUT2D eigenvalue weighted by Gasteiger charge is -2.09. The van der Waals surface area contributed by atoms with Crippen LogP contribution < -0.4 is 10.9 Å². The molecular formula is C18H18N4O2S. The van der Waals surface area contributed by atoms with E-state index in [-0.39, 0.29) is 11.5 Å². The van der Waals surface area contributed by atoms with Gasteiger partial charge < -0.3 is 5.32 Å². The van der Waals surface area contributed by atoms with E-state index >= 15 is 0 Å². The van der Waals surface area contributed by atoms with Gasteiger partial charge in [0.2, 0.25) is 5.91 Å². The van der Waals surface area contributed by atoms with Crippen LogP contribution in [0.2, 0.25) is 0 Å². The fourth-order valence-electron chi connectivity index (χ4n) is 2.37. The van der Waals surface area contributed by atoms with Crippen LogP contribution in [0, 0.1) is 6.92 Å². The molecule has 0 fully saturated rings. The normalized spacial score (nSPS) is 10.8. The minimum absolute atomic E-state index is 0.0819. The number of pyridine rings is 1. The summed E-state index contributed by atoms with van der Waals surface area (Å²) >= 11 is 1.39. The fraction of sp³-hybridized carbons (Fsp3) is 0.222. The quantitative estimate of drug-likeness (QED) is 0.563. The number of anilines is 1. The van der Waals surface area contributed by atoms with E-state index in [0.29, 0.717) is 34.1 Å². The number of hydrogen-bond donors (Lipinski definition) is 1. The number of aryl methyl sites for hydroxylation is 1. The second-order valence-electron chi connectivity index (χ2n) is 5.64. The number of rotatable bonds is 5. The molecule has 0 saturated carbocycles. The van der Waals surface area contributed by atoms with Crippen LogP contribution in [0.4, 0.5) is 5.82 Å². The van der Waals surface area contributed by atoms with E-state index in [4.69, 9.17) is 0 Å². The van der Waals surface area contributed by atoms with Crippen molar-refractivity contribution in [2.24, 2.45) is 7.05 Å². The first-order chi connectivity index (χ1) is 12.0. The molecule has 1 aromatic carbocycles. The molecule has 0 spiro atoms. The summed E-state index contributed by atoms with van der Waals surface area (Å²) in [5, 5.41) is 3.97. The number of nitrogens with zero attached hydrogens (tertiary/aromatic N) is 3. The zero-order valence-corrected chi connectivity index (χ0v) is 14.8. The van der Waals surface area contributed by atoms with Gasteiger partial charge in [-0.05, 0) is 36.8 Å². The SMILES string of the molecule is Cc1ccnc(NC(=O)CCSc2nc3ccccc3c(=O)n2C)c1. The highest BCUT2D eigenvalue weighted by molar-refractivity contribution is 7.99. The molecular weight excluding hydrogens is 336 g/mol. The van der Waals surface area contributed by atoms with Gasteiger partial charge in [-0.3, -0.25) is 14.2 Å². The Kier molecular flexibility index (Phi) is 5.14. The van der Waals surface area contributed by atoms with E-state index in [9.17, 15) is 9.59 Å². The van der Waals surface area contributed by atoms with Crippen molar-refractivity contribution < 1.29 is 4.79 Å². The number of hydrogen-bond acceptors (Lipinski definition) is 5. The Morgan fingerprint density at radius 2 is 2.08 bits per heavy atom. The van der Waals surface area contributed by atoms with Crippen LogP contribution >= 0.6 is 11.8 Å². The molecule has 0 saturated heterocycles. The maximum Gasteiger partial charge on any atom is 0.261 e. The van der Waals surface area contributed by atoms with Crippen LogP contribution in [0.25, 0.3) is 10.9 Å². The third-order valence-corrected chi connectivity index (χ3v) is 4.72.